The number of ether oxygens (including phenoxy) is 1. The van der Waals surface area contributed by atoms with Gasteiger partial charge in [-0.05, 0) is 17.7 Å². The summed E-state index contributed by atoms with van der Waals surface area (Å²) < 4.78 is 4.88. The average Bonchev–Trinajstić information content (AvgIpc) is 2.63. The van der Waals surface area contributed by atoms with Crippen molar-refractivity contribution >= 4 is 11.9 Å². The van der Waals surface area contributed by atoms with Crippen LogP contribution in [0.3, 0.4) is 0 Å². The summed E-state index contributed by atoms with van der Waals surface area (Å²) in [5.74, 6) is -2.19. The second-order valence-corrected chi connectivity index (χ2v) is 5.09. The van der Waals surface area contributed by atoms with Gasteiger partial charge in [0.1, 0.15) is 6.04 Å². The highest BCUT2D eigenvalue weighted by atomic mass is 16.6. The molecule has 0 aliphatic heterocycles. The Bertz CT molecular complexity index is 798. The van der Waals surface area contributed by atoms with E-state index in [4.69, 9.17) is 10.1 Å². The molecule has 0 bridgehead atoms. The van der Waals surface area contributed by atoms with Crippen LogP contribution in [0.15, 0.2) is 72.7 Å². The highest BCUT2D eigenvalue weighted by Gasteiger charge is 2.25. The monoisotopic (exact) mass is 338 g/mol. The standard InChI is InChI=1S/C18H15N3O4/c19-20-12-16(22)21-15(11-13-7-3-1-4-8-13)18(24)25-17(23)14-9-5-2-6-10-14/h1-10,12,15,21H,11H2/p+1/b16-12-. The molecule has 0 saturated heterocycles. The summed E-state index contributed by atoms with van der Waals surface area (Å²) in [6.45, 7) is 0. The molecule has 0 aliphatic rings. The van der Waals surface area contributed by atoms with Crippen molar-refractivity contribution in [2.75, 3.05) is 0 Å². The molecular formula is C18H16N3O4+. The van der Waals surface area contributed by atoms with Gasteiger partial charge in [0.25, 0.3) is 5.88 Å². The number of nitrogens with zero attached hydrogens (tertiary/aromatic N) is 2. The first-order chi connectivity index (χ1) is 12.1. The van der Waals surface area contributed by atoms with Gasteiger partial charge in [-0.15, -0.1) is 0 Å². The van der Waals surface area contributed by atoms with E-state index in [1.165, 1.54) is 12.1 Å². The molecule has 0 amide bonds. The fraction of sp³-hybridized carbons (Fsp3) is 0.111. The minimum Gasteiger partial charge on any atom is -0.490 e. The van der Waals surface area contributed by atoms with E-state index in [0.29, 0.717) is 0 Å². The molecular weight excluding hydrogens is 322 g/mol. The van der Waals surface area contributed by atoms with E-state index in [1.807, 2.05) is 6.07 Å². The molecule has 126 valence electrons. The lowest BCUT2D eigenvalue weighted by Crippen LogP contribution is -2.40. The van der Waals surface area contributed by atoms with Crippen LogP contribution >= 0.6 is 0 Å². The summed E-state index contributed by atoms with van der Waals surface area (Å²) in [6, 6.07) is 16.0. The first kappa shape index (κ1) is 17.7. The quantitative estimate of drug-likeness (QED) is 0.363. The highest BCUT2D eigenvalue weighted by molar-refractivity contribution is 5.98. The van der Waals surface area contributed by atoms with Crippen molar-refractivity contribution in [3.05, 3.63) is 88.8 Å². The maximum Gasteiger partial charge on any atom is 0.409 e. The number of carbonyl (C=O) groups excluding carboxylic acids is 2. The molecule has 0 saturated carbocycles. The Morgan fingerprint density at radius 2 is 1.72 bits per heavy atom. The Morgan fingerprint density at radius 1 is 1.12 bits per heavy atom. The maximum absolute atomic E-state index is 12.3. The van der Waals surface area contributed by atoms with E-state index >= 15 is 0 Å². The van der Waals surface area contributed by atoms with E-state index in [1.54, 1.807) is 42.5 Å². The maximum atomic E-state index is 12.3. The lowest BCUT2D eigenvalue weighted by Gasteiger charge is -2.16. The molecule has 2 aromatic rings. The minimum atomic E-state index is -1.05. The number of nitrogens with one attached hydrogen (secondary N) is 1. The summed E-state index contributed by atoms with van der Waals surface area (Å²) in [5, 5.41) is 20.5. The number of benzene rings is 2. The van der Waals surface area contributed by atoms with E-state index < -0.39 is 23.9 Å². The smallest absolute Gasteiger partial charge is 0.409 e. The van der Waals surface area contributed by atoms with Gasteiger partial charge >= 0.3 is 18.1 Å². The van der Waals surface area contributed by atoms with Crippen molar-refractivity contribution in [2.45, 2.75) is 12.5 Å². The van der Waals surface area contributed by atoms with Gasteiger partial charge in [0.2, 0.25) is 5.39 Å². The Labute approximate surface area is 144 Å². The molecule has 7 heteroatoms. The summed E-state index contributed by atoms with van der Waals surface area (Å²) in [5.41, 5.74) is 1.03. The number of diazo groups is 1. The van der Waals surface area contributed by atoms with Gasteiger partial charge in [-0.1, -0.05) is 48.5 Å². The highest BCUT2D eigenvalue weighted by Crippen LogP contribution is 2.08. The van der Waals surface area contributed by atoms with Crippen LogP contribution in [-0.2, 0) is 16.0 Å². The number of esters is 2. The average molecular weight is 338 g/mol. The first-order valence-corrected chi connectivity index (χ1v) is 7.45. The van der Waals surface area contributed by atoms with Gasteiger partial charge in [0, 0.05) is 6.42 Å². The Morgan fingerprint density at radius 3 is 2.32 bits per heavy atom. The predicted octanol–water partition coefficient (Wildman–Crippen LogP) is 2.78. The van der Waals surface area contributed by atoms with Gasteiger partial charge in [-0.2, -0.15) is 0 Å². The van der Waals surface area contributed by atoms with E-state index in [2.05, 4.69) is 10.3 Å². The van der Waals surface area contributed by atoms with Gasteiger partial charge in [0.15, 0.2) is 4.98 Å². The molecule has 1 unspecified atom stereocenters. The predicted molar refractivity (Wildman–Crippen MR) is 89.7 cm³/mol. The zero-order valence-electron chi connectivity index (χ0n) is 13.2. The zero-order chi connectivity index (χ0) is 18.1. The van der Waals surface area contributed by atoms with Gasteiger partial charge in [-0.3, -0.25) is 0 Å². The largest absolute Gasteiger partial charge is 0.490 e. The Kier molecular flexibility index (Phi) is 6.25. The number of aliphatic hydroxyl groups is 1. The first-order valence-electron chi connectivity index (χ1n) is 7.45. The van der Waals surface area contributed by atoms with Crippen molar-refractivity contribution in [3.63, 3.8) is 0 Å². The van der Waals surface area contributed by atoms with Crippen molar-refractivity contribution in [1.29, 1.82) is 5.39 Å². The molecule has 25 heavy (non-hydrogen) atoms. The normalized spacial score (nSPS) is 11.9. The second kappa shape index (κ2) is 8.84. The van der Waals surface area contributed by atoms with Crippen molar-refractivity contribution < 1.29 is 19.4 Å². The molecule has 0 fully saturated rings. The molecule has 1 atom stereocenters. The van der Waals surface area contributed by atoms with E-state index in [9.17, 15) is 14.7 Å². The summed E-state index contributed by atoms with van der Waals surface area (Å²) in [6.07, 6.45) is 0.884. The lowest BCUT2D eigenvalue weighted by molar-refractivity contribution is -0.140. The molecule has 0 heterocycles. The van der Waals surface area contributed by atoms with Crippen LogP contribution in [0.4, 0.5) is 0 Å². The van der Waals surface area contributed by atoms with Crippen LogP contribution in [-0.4, -0.2) is 23.1 Å². The number of hydrogen-bond acceptors (Lipinski definition) is 6. The van der Waals surface area contributed by atoms with Crippen molar-refractivity contribution in [2.24, 2.45) is 0 Å². The third-order valence-corrected chi connectivity index (χ3v) is 3.27. The Balaban J connectivity index is 2.13. The zero-order valence-corrected chi connectivity index (χ0v) is 13.2. The van der Waals surface area contributed by atoms with Crippen LogP contribution in [0, 0.1) is 5.39 Å². The van der Waals surface area contributed by atoms with E-state index in [0.717, 1.165) is 11.8 Å². The van der Waals surface area contributed by atoms with Gasteiger partial charge in [0.05, 0.1) is 5.56 Å². The summed E-state index contributed by atoms with van der Waals surface area (Å²) in [4.78, 5) is 27.0. The fourth-order valence-corrected chi connectivity index (χ4v) is 2.11. The number of carbonyl (C=O) groups is 2. The fourth-order valence-electron chi connectivity index (χ4n) is 2.11. The van der Waals surface area contributed by atoms with Crippen LogP contribution < -0.4 is 5.32 Å². The molecule has 0 aliphatic carbocycles. The third kappa shape index (κ3) is 5.48. The molecule has 7 nitrogen and oxygen atoms in total. The molecule has 0 radical (unpaired) electrons. The summed E-state index contributed by atoms with van der Waals surface area (Å²) in [7, 11) is 0. The van der Waals surface area contributed by atoms with Gasteiger partial charge in [-0.25, -0.2) is 9.59 Å². The van der Waals surface area contributed by atoms with Crippen molar-refractivity contribution in [3.8, 4) is 0 Å². The number of hydrogen-bond donors (Lipinski definition) is 2. The topological polar surface area (TPSA) is 104 Å². The van der Waals surface area contributed by atoms with Crippen LogP contribution in [0.25, 0.3) is 4.98 Å². The van der Waals surface area contributed by atoms with Crippen LogP contribution in [0.1, 0.15) is 15.9 Å². The van der Waals surface area contributed by atoms with E-state index in [-0.39, 0.29) is 12.0 Å². The number of aliphatic hydroxyl groups excluding tert-OH is 1. The Hall–Kier alpha value is -3.66. The van der Waals surface area contributed by atoms with Crippen molar-refractivity contribution in [1.82, 2.24) is 5.32 Å². The molecule has 0 aromatic heterocycles. The number of rotatable bonds is 6. The molecule has 0 spiro atoms. The second-order valence-electron chi connectivity index (χ2n) is 5.09. The van der Waals surface area contributed by atoms with Crippen LogP contribution in [0.2, 0.25) is 0 Å². The summed E-state index contributed by atoms with van der Waals surface area (Å²) >= 11 is 0. The third-order valence-electron chi connectivity index (χ3n) is 3.27. The minimum absolute atomic E-state index is 0.158. The lowest BCUT2D eigenvalue weighted by atomic mass is 10.1. The van der Waals surface area contributed by atoms with Crippen LogP contribution in [0.5, 0.6) is 0 Å². The SMILES string of the molecule is N#[N+]/C=C(\O)NC(Cc1ccccc1)C(=O)OC(=O)c1ccccc1. The van der Waals surface area contributed by atoms with Gasteiger partial charge < -0.3 is 15.2 Å². The molecule has 2 N–H and O–H groups in total. The molecule has 2 rings (SSSR count). The molecule has 2 aromatic carbocycles.